The Labute approximate surface area is 90.5 Å². The lowest BCUT2D eigenvalue weighted by Gasteiger charge is -2.35. The maximum atomic E-state index is 11.5. The monoisotopic (exact) mass is 210 g/mol. The molecule has 0 bridgehead atoms. The Kier molecular flexibility index (Phi) is 4.57. The molecule has 1 fully saturated rings. The minimum Gasteiger partial charge on any atom is -0.393 e. The first-order valence-corrected chi connectivity index (χ1v) is 5.51. The Morgan fingerprint density at radius 1 is 1.67 bits per heavy atom. The van der Waals surface area contributed by atoms with E-state index in [0.717, 1.165) is 12.8 Å². The first-order valence-electron chi connectivity index (χ1n) is 5.51. The Morgan fingerprint density at radius 2 is 2.40 bits per heavy atom. The van der Waals surface area contributed by atoms with Crippen LogP contribution >= 0.6 is 0 Å². The zero-order chi connectivity index (χ0) is 11.3. The fourth-order valence-corrected chi connectivity index (χ4v) is 2.08. The van der Waals surface area contributed by atoms with Crippen LogP contribution in [0.4, 0.5) is 0 Å². The molecule has 0 aromatic rings. The number of amides is 1. The molecule has 0 aliphatic carbocycles. The molecule has 1 saturated heterocycles. The molecule has 1 amide bonds. The van der Waals surface area contributed by atoms with Crippen molar-refractivity contribution in [3.63, 3.8) is 0 Å². The molecule has 0 unspecified atom stereocenters. The summed E-state index contributed by atoms with van der Waals surface area (Å²) >= 11 is 0. The first-order chi connectivity index (χ1) is 7.19. The maximum Gasteiger partial charge on any atom is 0.236 e. The molecule has 2 atom stereocenters. The molecule has 84 valence electrons. The second-order valence-corrected chi connectivity index (χ2v) is 4.08. The molecule has 1 aliphatic rings. The van der Waals surface area contributed by atoms with E-state index in [4.69, 9.17) is 5.26 Å². The number of aliphatic hydroxyl groups is 1. The number of hydrogen-bond donors (Lipinski definition) is 1. The van der Waals surface area contributed by atoms with Crippen LogP contribution in [0.3, 0.4) is 0 Å². The minimum absolute atomic E-state index is 0.0467. The van der Waals surface area contributed by atoms with Crippen molar-refractivity contribution in [1.29, 1.82) is 5.26 Å². The molecule has 1 aliphatic heterocycles. The average molecular weight is 210 g/mol. The third-order valence-electron chi connectivity index (χ3n) is 2.94. The molecule has 15 heavy (non-hydrogen) atoms. The summed E-state index contributed by atoms with van der Waals surface area (Å²) in [4.78, 5) is 13.2. The van der Waals surface area contributed by atoms with Crippen molar-refractivity contribution in [2.24, 2.45) is 5.92 Å². The van der Waals surface area contributed by atoms with Gasteiger partial charge in [-0.05, 0) is 12.8 Å². The number of aliphatic hydroxyl groups excluding tert-OH is 1. The highest BCUT2D eigenvalue weighted by Crippen LogP contribution is 2.21. The lowest BCUT2D eigenvalue weighted by atomic mass is 9.90. The summed E-state index contributed by atoms with van der Waals surface area (Å²) in [7, 11) is 0. The third-order valence-corrected chi connectivity index (χ3v) is 2.94. The number of likely N-dealkylation sites (tertiary alicyclic amines) is 1. The van der Waals surface area contributed by atoms with Gasteiger partial charge in [-0.1, -0.05) is 13.3 Å². The predicted molar refractivity (Wildman–Crippen MR) is 55.8 cm³/mol. The number of hydrogen-bond acceptors (Lipinski definition) is 3. The topological polar surface area (TPSA) is 64.3 Å². The van der Waals surface area contributed by atoms with Gasteiger partial charge in [0.15, 0.2) is 0 Å². The lowest BCUT2D eigenvalue weighted by Crippen LogP contribution is -2.45. The van der Waals surface area contributed by atoms with Gasteiger partial charge in [-0.3, -0.25) is 4.79 Å². The summed E-state index contributed by atoms with van der Waals surface area (Å²) in [5.41, 5.74) is 0. The highest BCUT2D eigenvalue weighted by Gasteiger charge is 2.29. The maximum absolute atomic E-state index is 11.5. The minimum atomic E-state index is -0.281. The van der Waals surface area contributed by atoms with Gasteiger partial charge in [-0.25, -0.2) is 0 Å². The fraction of sp³-hybridized carbons (Fsp3) is 0.818. The van der Waals surface area contributed by atoms with Gasteiger partial charge >= 0.3 is 0 Å². The molecule has 1 rings (SSSR count). The zero-order valence-electron chi connectivity index (χ0n) is 9.15. The number of nitrogens with zero attached hydrogens (tertiary/aromatic N) is 2. The van der Waals surface area contributed by atoms with Crippen LogP contribution in [0.1, 0.15) is 32.6 Å². The first kappa shape index (κ1) is 12.0. The third kappa shape index (κ3) is 3.21. The van der Waals surface area contributed by atoms with Crippen molar-refractivity contribution < 1.29 is 9.90 Å². The smallest absolute Gasteiger partial charge is 0.236 e. The highest BCUT2D eigenvalue weighted by atomic mass is 16.3. The van der Waals surface area contributed by atoms with Crippen LogP contribution in [0.25, 0.3) is 0 Å². The average Bonchev–Trinajstić information content (AvgIpc) is 2.22. The van der Waals surface area contributed by atoms with Gasteiger partial charge in [-0.15, -0.1) is 0 Å². The van der Waals surface area contributed by atoms with Gasteiger partial charge in [0.05, 0.1) is 12.2 Å². The number of carbonyl (C=O) groups is 1. The second kappa shape index (κ2) is 5.72. The largest absolute Gasteiger partial charge is 0.393 e. The van der Waals surface area contributed by atoms with Crippen LogP contribution in [0.5, 0.6) is 0 Å². The quantitative estimate of drug-likeness (QED) is 0.753. The molecule has 4 heteroatoms. The predicted octanol–water partition coefficient (Wildman–Crippen LogP) is 0.910. The van der Waals surface area contributed by atoms with Crippen molar-refractivity contribution in [3.05, 3.63) is 0 Å². The van der Waals surface area contributed by atoms with E-state index >= 15 is 0 Å². The molecule has 1 N–H and O–H groups in total. The summed E-state index contributed by atoms with van der Waals surface area (Å²) in [5.74, 6) is 0.0805. The van der Waals surface area contributed by atoms with Crippen LogP contribution < -0.4 is 0 Å². The van der Waals surface area contributed by atoms with Crippen LogP contribution in [0.15, 0.2) is 0 Å². The molecule has 0 spiro atoms. The van der Waals surface area contributed by atoms with E-state index in [-0.39, 0.29) is 24.3 Å². The summed E-state index contributed by atoms with van der Waals surface area (Å²) in [6.07, 6.45) is 2.27. The van der Waals surface area contributed by atoms with Crippen molar-refractivity contribution >= 4 is 5.91 Å². The number of nitriles is 1. The molecule has 1 heterocycles. The Morgan fingerprint density at radius 3 is 3.00 bits per heavy atom. The molecule has 0 saturated carbocycles. The Hall–Kier alpha value is -1.08. The summed E-state index contributed by atoms with van der Waals surface area (Å²) in [6.45, 7) is 3.26. The SMILES string of the molecule is CCC[C@@H]1CN(C(=O)CC#N)CC[C@H]1O. The molecule has 0 aromatic heterocycles. The van der Waals surface area contributed by atoms with E-state index in [1.807, 2.05) is 6.07 Å². The number of rotatable bonds is 3. The van der Waals surface area contributed by atoms with Crippen molar-refractivity contribution in [2.75, 3.05) is 13.1 Å². The van der Waals surface area contributed by atoms with Crippen LogP contribution in [-0.4, -0.2) is 35.1 Å². The zero-order valence-corrected chi connectivity index (χ0v) is 9.15. The molecular formula is C11H18N2O2. The van der Waals surface area contributed by atoms with Gasteiger partial charge in [0.2, 0.25) is 5.91 Å². The molecule has 0 aromatic carbocycles. The number of piperidine rings is 1. The van der Waals surface area contributed by atoms with E-state index in [9.17, 15) is 9.90 Å². The standard InChI is InChI=1S/C11H18N2O2/c1-2-3-9-8-13(7-5-10(9)14)11(15)4-6-12/h9-10,14H,2-5,7-8H2,1H3/t9-,10-/m1/s1. The van der Waals surface area contributed by atoms with Gasteiger partial charge in [-0.2, -0.15) is 5.26 Å². The van der Waals surface area contributed by atoms with Crippen LogP contribution in [-0.2, 0) is 4.79 Å². The van der Waals surface area contributed by atoms with Crippen molar-refractivity contribution in [2.45, 2.75) is 38.7 Å². The summed E-state index contributed by atoms with van der Waals surface area (Å²) < 4.78 is 0. The Balaban J connectivity index is 2.50. The van der Waals surface area contributed by atoms with E-state index in [1.165, 1.54) is 0 Å². The summed E-state index contributed by atoms with van der Waals surface area (Å²) in [5, 5.41) is 18.2. The van der Waals surface area contributed by atoms with Crippen LogP contribution in [0, 0.1) is 17.2 Å². The fourth-order valence-electron chi connectivity index (χ4n) is 2.08. The number of carbonyl (C=O) groups excluding carboxylic acids is 1. The molecule has 0 radical (unpaired) electrons. The van der Waals surface area contributed by atoms with Gasteiger partial charge in [0, 0.05) is 19.0 Å². The second-order valence-electron chi connectivity index (χ2n) is 4.08. The lowest BCUT2D eigenvalue weighted by molar-refractivity contribution is -0.134. The van der Waals surface area contributed by atoms with Gasteiger partial charge in [0.25, 0.3) is 0 Å². The summed E-state index contributed by atoms with van der Waals surface area (Å²) in [6, 6.07) is 1.87. The van der Waals surface area contributed by atoms with E-state index < -0.39 is 0 Å². The van der Waals surface area contributed by atoms with E-state index in [1.54, 1.807) is 4.90 Å². The normalized spacial score (nSPS) is 26.1. The highest BCUT2D eigenvalue weighted by molar-refractivity contribution is 5.78. The van der Waals surface area contributed by atoms with E-state index in [0.29, 0.717) is 19.5 Å². The van der Waals surface area contributed by atoms with E-state index in [2.05, 4.69) is 6.92 Å². The van der Waals surface area contributed by atoms with Crippen LogP contribution in [0.2, 0.25) is 0 Å². The van der Waals surface area contributed by atoms with Gasteiger partial charge < -0.3 is 10.0 Å². The molecular weight excluding hydrogens is 192 g/mol. The van der Waals surface area contributed by atoms with Crippen molar-refractivity contribution in [1.82, 2.24) is 4.90 Å². The molecule has 4 nitrogen and oxygen atoms in total. The Bertz CT molecular complexity index is 260. The van der Waals surface area contributed by atoms with Crippen molar-refractivity contribution in [3.8, 4) is 6.07 Å². The van der Waals surface area contributed by atoms with Gasteiger partial charge in [0.1, 0.15) is 6.42 Å².